The van der Waals surface area contributed by atoms with Crippen LogP contribution in [0.25, 0.3) is 0 Å². The molecule has 2 aromatic carbocycles. The third-order valence-electron chi connectivity index (χ3n) is 8.75. The standard InChI is InChI=1S/C32H33ClFN5O4/c1-20(40)36-10-12-37(13-11-36)32(43)22-8-9-29(27(15-22)35-30(41)16-24-25(33)4-2-5-26(24)34)38-17-21-14-23(19-38)28-6-3-7-31(42)39(28)18-21/h2-9,15,21,23H,10-14,16-19H2,1H3,(H,35,41)/t21-,23+/m1/s1. The van der Waals surface area contributed by atoms with Crippen LogP contribution < -0.4 is 15.8 Å². The molecule has 3 aromatic rings. The lowest BCUT2D eigenvalue weighted by Crippen LogP contribution is -2.50. The van der Waals surface area contributed by atoms with Crippen LogP contribution in [0.3, 0.4) is 0 Å². The van der Waals surface area contributed by atoms with Crippen molar-refractivity contribution in [2.24, 2.45) is 5.92 Å². The normalized spacial score (nSPS) is 19.6. The van der Waals surface area contributed by atoms with E-state index in [2.05, 4.69) is 10.2 Å². The van der Waals surface area contributed by atoms with Crippen molar-refractivity contribution < 1.29 is 18.8 Å². The van der Waals surface area contributed by atoms with E-state index in [1.54, 1.807) is 40.1 Å². The average molecular weight is 606 g/mol. The minimum Gasteiger partial charge on any atom is -0.369 e. The summed E-state index contributed by atoms with van der Waals surface area (Å²) >= 11 is 6.19. The maximum atomic E-state index is 14.5. The number of benzene rings is 2. The molecule has 0 radical (unpaired) electrons. The van der Waals surface area contributed by atoms with Crippen molar-refractivity contribution in [1.29, 1.82) is 0 Å². The molecule has 2 saturated heterocycles. The summed E-state index contributed by atoms with van der Waals surface area (Å²) in [4.78, 5) is 56.7. The fraction of sp³-hybridized carbons (Fsp3) is 0.375. The minimum absolute atomic E-state index is 0.00686. The van der Waals surface area contributed by atoms with Gasteiger partial charge in [0.25, 0.3) is 11.5 Å². The number of halogens is 2. The van der Waals surface area contributed by atoms with Crippen LogP contribution in [0.15, 0.2) is 59.4 Å². The van der Waals surface area contributed by atoms with Crippen LogP contribution in [-0.4, -0.2) is 71.4 Å². The van der Waals surface area contributed by atoms with E-state index in [-0.39, 0.29) is 46.2 Å². The number of piperazine rings is 1. The molecule has 2 bridgehead atoms. The third kappa shape index (κ3) is 5.88. The van der Waals surface area contributed by atoms with E-state index >= 15 is 0 Å². The summed E-state index contributed by atoms with van der Waals surface area (Å²) in [6.07, 6.45) is 0.702. The van der Waals surface area contributed by atoms with Crippen LogP contribution in [0.1, 0.15) is 40.9 Å². The number of anilines is 2. The molecule has 2 fully saturated rings. The van der Waals surface area contributed by atoms with Gasteiger partial charge in [0.1, 0.15) is 5.82 Å². The zero-order valence-corrected chi connectivity index (χ0v) is 24.6. The first-order chi connectivity index (χ1) is 20.7. The highest BCUT2D eigenvalue weighted by atomic mass is 35.5. The maximum Gasteiger partial charge on any atom is 0.254 e. The molecule has 0 spiro atoms. The van der Waals surface area contributed by atoms with Gasteiger partial charge in [-0.1, -0.05) is 23.7 Å². The van der Waals surface area contributed by atoms with Gasteiger partial charge in [-0.2, -0.15) is 0 Å². The van der Waals surface area contributed by atoms with Crippen molar-refractivity contribution >= 4 is 40.7 Å². The number of pyridine rings is 1. The quantitative estimate of drug-likeness (QED) is 0.478. The lowest BCUT2D eigenvalue weighted by Gasteiger charge is -2.44. The Bertz CT molecular complexity index is 1630. The van der Waals surface area contributed by atoms with Crippen molar-refractivity contribution in [3.63, 3.8) is 0 Å². The van der Waals surface area contributed by atoms with Gasteiger partial charge in [0.15, 0.2) is 0 Å². The van der Waals surface area contributed by atoms with Crippen LogP contribution >= 0.6 is 11.6 Å². The molecule has 11 heteroatoms. The zero-order valence-electron chi connectivity index (χ0n) is 23.9. The Morgan fingerprint density at radius 3 is 2.44 bits per heavy atom. The summed E-state index contributed by atoms with van der Waals surface area (Å²) in [5.41, 5.74) is 2.74. The Labute approximate surface area is 253 Å². The Hall–Kier alpha value is -4.18. The molecule has 9 nitrogen and oxygen atoms in total. The van der Waals surface area contributed by atoms with Crippen molar-refractivity contribution in [2.45, 2.75) is 32.2 Å². The van der Waals surface area contributed by atoms with Crippen LogP contribution in [0.4, 0.5) is 15.8 Å². The summed E-state index contributed by atoms with van der Waals surface area (Å²) < 4.78 is 16.3. The van der Waals surface area contributed by atoms with Crippen LogP contribution in [0.2, 0.25) is 5.02 Å². The predicted octanol–water partition coefficient (Wildman–Crippen LogP) is 3.75. The second kappa shape index (κ2) is 11.8. The highest BCUT2D eigenvalue weighted by Gasteiger charge is 2.35. The number of piperidine rings is 1. The monoisotopic (exact) mass is 605 g/mol. The zero-order chi connectivity index (χ0) is 30.2. The van der Waals surface area contributed by atoms with Gasteiger partial charge in [0.2, 0.25) is 11.8 Å². The largest absolute Gasteiger partial charge is 0.369 e. The van der Waals surface area contributed by atoms with Crippen LogP contribution in [-0.2, 0) is 22.6 Å². The second-order valence-electron chi connectivity index (χ2n) is 11.6. The Kier molecular flexibility index (Phi) is 7.96. The van der Waals surface area contributed by atoms with Crippen LogP contribution in [0, 0.1) is 11.7 Å². The van der Waals surface area contributed by atoms with E-state index in [0.717, 1.165) is 17.8 Å². The molecular formula is C32H33ClFN5O4. The molecule has 4 heterocycles. The van der Waals surface area contributed by atoms with Gasteiger partial charge in [-0.25, -0.2) is 4.39 Å². The van der Waals surface area contributed by atoms with Gasteiger partial charge < -0.3 is 24.6 Å². The van der Waals surface area contributed by atoms with Gasteiger partial charge in [-0.05, 0) is 48.7 Å². The van der Waals surface area contributed by atoms with Gasteiger partial charge in [0, 0.05) is 86.6 Å². The van der Waals surface area contributed by atoms with E-state index in [1.807, 2.05) is 16.7 Å². The minimum atomic E-state index is -0.561. The number of carbonyl (C=O) groups is 3. The van der Waals surface area contributed by atoms with E-state index in [1.165, 1.54) is 19.1 Å². The maximum absolute atomic E-state index is 14.5. The van der Waals surface area contributed by atoms with Crippen molar-refractivity contribution in [2.75, 3.05) is 49.5 Å². The van der Waals surface area contributed by atoms with Gasteiger partial charge in [0.05, 0.1) is 17.8 Å². The summed E-state index contributed by atoms with van der Waals surface area (Å²) in [6, 6.07) is 15.0. The van der Waals surface area contributed by atoms with Gasteiger partial charge in [-0.3, -0.25) is 19.2 Å². The first-order valence-corrected chi connectivity index (χ1v) is 14.9. The molecule has 3 aliphatic rings. The molecule has 43 heavy (non-hydrogen) atoms. The van der Waals surface area contributed by atoms with Gasteiger partial charge >= 0.3 is 0 Å². The highest BCUT2D eigenvalue weighted by molar-refractivity contribution is 6.31. The highest BCUT2D eigenvalue weighted by Crippen LogP contribution is 2.39. The van der Waals surface area contributed by atoms with Crippen molar-refractivity contribution in [1.82, 2.24) is 14.4 Å². The summed E-state index contributed by atoms with van der Waals surface area (Å²) in [5, 5.41) is 3.11. The summed E-state index contributed by atoms with van der Waals surface area (Å²) in [7, 11) is 0. The fourth-order valence-corrected chi connectivity index (χ4v) is 6.83. The number of nitrogens with zero attached hydrogens (tertiary/aromatic N) is 4. The third-order valence-corrected chi connectivity index (χ3v) is 9.10. The molecule has 3 aliphatic heterocycles. The smallest absolute Gasteiger partial charge is 0.254 e. The van der Waals surface area contributed by atoms with E-state index in [0.29, 0.717) is 57.1 Å². The topological polar surface area (TPSA) is 95.0 Å². The Morgan fingerprint density at radius 1 is 0.953 bits per heavy atom. The number of fused-ring (bicyclic) bond motifs is 4. The van der Waals surface area contributed by atoms with Crippen molar-refractivity contribution in [3.8, 4) is 0 Å². The van der Waals surface area contributed by atoms with E-state index in [4.69, 9.17) is 11.6 Å². The predicted molar refractivity (Wildman–Crippen MR) is 162 cm³/mol. The lowest BCUT2D eigenvalue weighted by molar-refractivity contribution is -0.130. The summed E-state index contributed by atoms with van der Waals surface area (Å²) in [5.74, 6) is -0.843. The number of aromatic nitrogens is 1. The number of hydrogen-bond donors (Lipinski definition) is 1. The first kappa shape index (κ1) is 28.9. The SMILES string of the molecule is CC(=O)N1CCN(C(=O)c2ccc(N3C[C@H]4C[C@@H](C3)c3cccc(=O)n3C4)c(NC(=O)Cc3c(F)cccc3Cl)c2)CC1. The fourth-order valence-electron chi connectivity index (χ4n) is 6.60. The molecule has 1 N–H and O–H groups in total. The Morgan fingerprint density at radius 2 is 1.70 bits per heavy atom. The van der Waals surface area contributed by atoms with E-state index in [9.17, 15) is 23.6 Å². The molecule has 224 valence electrons. The molecule has 0 saturated carbocycles. The summed E-state index contributed by atoms with van der Waals surface area (Å²) in [6.45, 7) is 5.23. The van der Waals surface area contributed by atoms with Crippen molar-refractivity contribution in [3.05, 3.63) is 92.6 Å². The molecule has 1 aromatic heterocycles. The molecule has 2 atom stereocenters. The Balaban J connectivity index is 1.29. The average Bonchev–Trinajstić information content (AvgIpc) is 2.99. The van der Waals surface area contributed by atoms with E-state index < -0.39 is 11.7 Å². The number of nitrogens with one attached hydrogen (secondary N) is 1. The molecule has 0 unspecified atom stereocenters. The number of rotatable bonds is 5. The molecule has 6 rings (SSSR count). The molecule has 0 aliphatic carbocycles. The van der Waals surface area contributed by atoms with Crippen LogP contribution in [0.5, 0.6) is 0 Å². The van der Waals surface area contributed by atoms with Gasteiger partial charge in [-0.15, -0.1) is 0 Å². The number of carbonyl (C=O) groups excluding carboxylic acids is 3. The lowest BCUT2D eigenvalue weighted by atomic mass is 9.83. The number of hydrogen-bond acceptors (Lipinski definition) is 5. The number of amides is 3. The molecular weight excluding hydrogens is 573 g/mol. The first-order valence-electron chi connectivity index (χ1n) is 14.5. The molecule has 3 amide bonds. The second-order valence-corrected chi connectivity index (χ2v) is 12.0.